The van der Waals surface area contributed by atoms with Gasteiger partial charge in [-0.2, -0.15) is 0 Å². The van der Waals surface area contributed by atoms with E-state index in [0.717, 1.165) is 34.7 Å². The summed E-state index contributed by atoms with van der Waals surface area (Å²) in [4.78, 5) is 10.9. The zero-order valence-electron chi connectivity index (χ0n) is 11.4. The van der Waals surface area contributed by atoms with Crippen LogP contribution in [0.15, 0.2) is 12.1 Å². The minimum Gasteiger partial charge on any atom is -0.496 e. The number of hydrogen-bond donors (Lipinski definition) is 1. The Morgan fingerprint density at radius 1 is 1.58 bits per heavy atom. The van der Waals surface area contributed by atoms with E-state index in [1.807, 2.05) is 19.1 Å². The van der Waals surface area contributed by atoms with Crippen molar-refractivity contribution in [3.63, 3.8) is 0 Å². The molecule has 1 aliphatic carbocycles. The lowest BCUT2D eigenvalue weighted by Crippen LogP contribution is -2.04. The molecule has 0 bridgehead atoms. The molecule has 3 unspecified atom stereocenters. The van der Waals surface area contributed by atoms with E-state index in [1.165, 1.54) is 0 Å². The zero-order chi connectivity index (χ0) is 14.2. The predicted molar refractivity (Wildman–Crippen MR) is 75.0 cm³/mol. The Morgan fingerprint density at radius 3 is 2.79 bits per heavy atom. The lowest BCUT2D eigenvalue weighted by atomic mass is 9.93. The summed E-state index contributed by atoms with van der Waals surface area (Å²) in [6.07, 6.45) is 1.66. The summed E-state index contributed by atoms with van der Waals surface area (Å²) < 4.78 is 5.40. The van der Waals surface area contributed by atoms with Crippen molar-refractivity contribution in [3.05, 3.63) is 28.3 Å². The van der Waals surface area contributed by atoms with E-state index < -0.39 is 5.97 Å². The van der Waals surface area contributed by atoms with Crippen LogP contribution in [0.4, 0.5) is 0 Å². The minimum absolute atomic E-state index is 0.158. The number of ether oxygens (including phenoxy) is 1. The van der Waals surface area contributed by atoms with Crippen LogP contribution in [-0.2, 0) is 4.79 Å². The fourth-order valence-electron chi connectivity index (χ4n) is 2.62. The smallest absolute Gasteiger partial charge is 0.306 e. The monoisotopic (exact) mass is 282 g/mol. The second-order valence-electron chi connectivity index (χ2n) is 5.42. The first kappa shape index (κ1) is 14.2. The molecule has 3 nitrogen and oxygen atoms in total. The van der Waals surface area contributed by atoms with Crippen LogP contribution in [0.3, 0.4) is 0 Å². The second-order valence-corrected chi connectivity index (χ2v) is 5.83. The Morgan fingerprint density at radius 2 is 2.26 bits per heavy atom. The molecule has 104 valence electrons. The van der Waals surface area contributed by atoms with Gasteiger partial charge in [0, 0.05) is 5.02 Å². The highest BCUT2D eigenvalue weighted by molar-refractivity contribution is 6.31. The van der Waals surface area contributed by atoms with Crippen LogP contribution < -0.4 is 4.74 Å². The second kappa shape index (κ2) is 5.41. The van der Waals surface area contributed by atoms with Gasteiger partial charge in [-0.25, -0.2) is 0 Å². The Kier molecular flexibility index (Phi) is 4.04. The number of aryl methyl sites for hydroxylation is 1. The van der Waals surface area contributed by atoms with Gasteiger partial charge in [-0.15, -0.1) is 0 Å². The molecule has 2 rings (SSSR count). The van der Waals surface area contributed by atoms with E-state index in [0.29, 0.717) is 0 Å². The molecule has 3 atom stereocenters. The first-order chi connectivity index (χ1) is 8.93. The van der Waals surface area contributed by atoms with Gasteiger partial charge in [-0.05, 0) is 54.9 Å². The first-order valence-electron chi connectivity index (χ1n) is 6.50. The van der Waals surface area contributed by atoms with Gasteiger partial charge >= 0.3 is 5.97 Å². The number of aliphatic carboxylic acids is 1. The molecule has 1 aromatic rings. The fraction of sp³-hybridized carbons (Fsp3) is 0.533. The van der Waals surface area contributed by atoms with Crippen LogP contribution in [-0.4, -0.2) is 18.2 Å². The summed E-state index contributed by atoms with van der Waals surface area (Å²) >= 11 is 6.17. The SMILES string of the molecule is COc1cc(C)c(Cl)cc1C(C)CC1CC1C(=O)O. The van der Waals surface area contributed by atoms with Crippen LogP contribution in [0.1, 0.15) is 36.8 Å². The highest BCUT2D eigenvalue weighted by Gasteiger charge is 2.43. The molecule has 0 radical (unpaired) electrons. The highest BCUT2D eigenvalue weighted by atomic mass is 35.5. The molecule has 0 heterocycles. The molecule has 1 aromatic carbocycles. The van der Waals surface area contributed by atoms with E-state index >= 15 is 0 Å². The van der Waals surface area contributed by atoms with Crippen molar-refractivity contribution in [2.24, 2.45) is 11.8 Å². The molecule has 1 aliphatic rings. The van der Waals surface area contributed by atoms with Gasteiger partial charge in [0.15, 0.2) is 0 Å². The van der Waals surface area contributed by atoms with Crippen molar-refractivity contribution in [2.45, 2.75) is 32.6 Å². The van der Waals surface area contributed by atoms with Crippen molar-refractivity contribution in [3.8, 4) is 5.75 Å². The molecule has 19 heavy (non-hydrogen) atoms. The largest absolute Gasteiger partial charge is 0.496 e. The standard InChI is InChI=1S/C15H19ClO3/c1-8(4-10-6-12(10)15(17)18)11-7-13(16)9(2)5-14(11)19-3/h5,7-8,10,12H,4,6H2,1-3H3,(H,17,18). The third-order valence-corrected chi connectivity index (χ3v) is 4.35. The average Bonchev–Trinajstić information content (AvgIpc) is 3.11. The third-order valence-electron chi connectivity index (χ3n) is 3.94. The van der Waals surface area contributed by atoms with Crippen LogP contribution in [0.2, 0.25) is 5.02 Å². The maximum Gasteiger partial charge on any atom is 0.306 e. The Bertz CT molecular complexity index is 498. The van der Waals surface area contributed by atoms with E-state index in [9.17, 15) is 4.79 Å². The number of halogens is 1. The summed E-state index contributed by atoms with van der Waals surface area (Å²) in [5.74, 6) is 0.544. The molecule has 0 saturated heterocycles. The molecule has 1 fully saturated rings. The first-order valence-corrected chi connectivity index (χ1v) is 6.88. The van der Waals surface area contributed by atoms with E-state index in [-0.39, 0.29) is 17.8 Å². The molecule has 0 amide bonds. The van der Waals surface area contributed by atoms with Gasteiger partial charge in [0.1, 0.15) is 5.75 Å². The number of rotatable bonds is 5. The maximum atomic E-state index is 10.9. The minimum atomic E-state index is -0.675. The van der Waals surface area contributed by atoms with Crippen molar-refractivity contribution < 1.29 is 14.6 Å². The van der Waals surface area contributed by atoms with Gasteiger partial charge in [-0.1, -0.05) is 18.5 Å². The molecule has 0 aromatic heterocycles. The number of hydrogen-bond acceptors (Lipinski definition) is 2. The number of methoxy groups -OCH3 is 1. The predicted octanol–water partition coefficient (Wildman–Crippen LogP) is 3.87. The molecule has 1 saturated carbocycles. The normalized spacial score (nSPS) is 22.9. The van der Waals surface area contributed by atoms with Crippen LogP contribution in [0, 0.1) is 18.8 Å². The summed E-state index contributed by atoms with van der Waals surface area (Å²) in [5.41, 5.74) is 2.05. The quantitative estimate of drug-likeness (QED) is 0.892. The molecule has 4 heteroatoms. The molecule has 0 aliphatic heterocycles. The third kappa shape index (κ3) is 3.03. The number of carbonyl (C=O) groups is 1. The van der Waals surface area contributed by atoms with Crippen molar-refractivity contribution in [1.29, 1.82) is 0 Å². The van der Waals surface area contributed by atoms with Gasteiger partial charge < -0.3 is 9.84 Å². The van der Waals surface area contributed by atoms with Crippen molar-refractivity contribution in [2.75, 3.05) is 7.11 Å². The average molecular weight is 283 g/mol. The number of carboxylic acids is 1. The highest BCUT2D eigenvalue weighted by Crippen LogP contribution is 2.46. The summed E-state index contributed by atoms with van der Waals surface area (Å²) in [6, 6.07) is 3.88. The summed E-state index contributed by atoms with van der Waals surface area (Å²) in [7, 11) is 1.65. The van der Waals surface area contributed by atoms with Crippen molar-refractivity contribution in [1.82, 2.24) is 0 Å². The van der Waals surface area contributed by atoms with E-state index in [2.05, 4.69) is 6.92 Å². The Hall–Kier alpha value is -1.22. The van der Waals surface area contributed by atoms with Crippen LogP contribution in [0.25, 0.3) is 0 Å². The van der Waals surface area contributed by atoms with E-state index in [1.54, 1.807) is 7.11 Å². The molecular weight excluding hydrogens is 264 g/mol. The number of carboxylic acid groups (broad SMARTS) is 1. The van der Waals surface area contributed by atoms with Crippen LogP contribution >= 0.6 is 11.6 Å². The fourth-order valence-corrected chi connectivity index (χ4v) is 2.80. The summed E-state index contributed by atoms with van der Waals surface area (Å²) in [6.45, 7) is 4.04. The van der Waals surface area contributed by atoms with Gasteiger partial charge in [0.25, 0.3) is 0 Å². The zero-order valence-corrected chi connectivity index (χ0v) is 12.2. The molecular formula is C15H19ClO3. The van der Waals surface area contributed by atoms with E-state index in [4.69, 9.17) is 21.4 Å². The van der Waals surface area contributed by atoms with Gasteiger partial charge in [-0.3, -0.25) is 4.79 Å². The Balaban J connectivity index is 2.13. The molecule has 1 N–H and O–H groups in total. The van der Waals surface area contributed by atoms with Gasteiger partial charge in [0.2, 0.25) is 0 Å². The number of benzene rings is 1. The maximum absolute atomic E-state index is 10.9. The van der Waals surface area contributed by atoms with Crippen molar-refractivity contribution >= 4 is 17.6 Å². The van der Waals surface area contributed by atoms with Gasteiger partial charge in [0.05, 0.1) is 13.0 Å². The topological polar surface area (TPSA) is 46.5 Å². The summed E-state index contributed by atoms with van der Waals surface area (Å²) in [5, 5.41) is 9.67. The Labute approximate surface area is 118 Å². The lowest BCUT2D eigenvalue weighted by molar-refractivity contribution is -0.138. The molecule has 0 spiro atoms. The lowest BCUT2D eigenvalue weighted by Gasteiger charge is -2.17. The van der Waals surface area contributed by atoms with Crippen LogP contribution in [0.5, 0.6) is 5.75 Å².